The Hall–Kier alpha value is -0.640. The van der Waals surface area contributed by atoms with Gasteiger partial charge in [-0.15, -0.1) is 0 Å². The van der Waals surface area contributed by atoms with E-state index in [1.54, 1.807) is 0 Å². The van der Waals surface area contributed by atoms with E-state index in [9.17, 15) is 4.79 Å². The number of nitrogens with two attached hydrogens (primary N) is 1. The molecule has 1 amide bonds. The van der Waals surface area contributed by atoms with Crippen LogP contribution >= 0.6 is 12.2 Å². The van der Waals surface area contributed by atoms with Gasteiger partial charge < -0.3 is 10.6 Å². The summed E-state index contributed by atoms with van der Waals surface area (Å²) in [5.41, 5.74) is 5.70. The Morgan fingerprint density at radius 3 is 2.50 bits per heavy atom. The van der Waals surface area contributed by atoms with Crippen molar-refractivity contribution in [3.8, 4) is 0 Å². The van der Waals surface area contributed by atoms with E-state index in [1.807, 2.05) is 4.90 Å². The molecule has 16 heavy (non-hydrogen) atoms. The minimum Gasteiger partial charge on any atom is -0.392 e. The van der Waals surface area contributed by atoms with Crippen molar-refractivity contribution in [1.82, 2.24) is 4.90 Å². The highest BCUT2D eigenvalue weighted by Crippen LogP contribution is 2.58. The minimum absolute atomic E-state index is 0.0452. The summed E-state index contributed by atoms with van der Waals surface area (Å²) in [6.07, 6.45) is 5.84. The number of thiocarbonyl (C=S) groups is 1. The van der Waals surface area contributed by atoms with Gasteiger partial charge >= 0.3 is 0 Å². The maximum absolute atomic E-state index is 12.3. The van der Waals surface area contributed by atoms with Crippen LogP contribution in [0.5, 0.6) is 0 Å². The molecule has 3 rings (SSSR count). The fourth-order valence-electron chi connectivity index (χ4n) is 3.71. The van der Waals surface area contributed by atoms with E-state index >= 15 is 0 Å². The minimum atomic E-state index is 0.0452. The molecule has 3 nitrogen and oxygen atoms in total. The number of nitrogens with zero attached hydrogens (tertiary/aromatic N) is 1. The molecule has 0 aromatic heterocycles. The molecular weight excluding hydrogens is 220 g/mol. The monoisotopic (exact) mass is 238 g/mol. The maximum Gasteiger partial charge on any atom is 0.226 e. The highest BCUT2D eigenvalue weighted by Gasteiger charge is 2.58. The lowest BCUT2D eigenvalue weighted by Crippen LogP contribution is -2.44. The maximum atomic E-state index is 12.3. The van der Waals surface area contributed by atoms with Gasteiger partial charge in [0.2, 0.25) is 5.91 Å². The number of carbonyl (C=O) groups is 1. The fourth-order valence-corrected chi connectivity index (χ4v) is 3.95. The number of likely N-dealkylation sites (tertiary alicyclic amines) is 1. The molecule has 1 aliphatic heterocycles. The van der Waals surface area contributed by atoms with Gasteiger partial charge in [-0.3, -0.25) is 4.79 Å². The number of rotatable bonds is 2. The second-order valence-corrected chi connectivity index (χ2v) is 5.85. The molecule has 0 bridgehead atoms. The van der Waals surface area contributed by atoms with E-state index in [0.717, 1.165) is 19.4 Å². The molecular formula is C12H18N2OS. The molecule has 4 heteroatoms. The van der Waals surface area contributed by atoms with Crippen LogP contribution in [0, 0.1) is 17.8 Å². The van der Waals surface area contributed by atoms with Crippen molar-refractivity contribution < 1.29 is 4.79 Å². The van der Waals surface area contributed by atoms with Crippen molar-refractivity contribution in [3.63, 3.8) is 0 Å². The van der Waals surface area contributed by atoms with Crippen LogP contribution in [0.25, 0.3) is 0 Å². The second-order valence-electron chi connectivity index (χ2n) is 5.38. The number of fused-ring (bicyclic) bond motifs is 1. The molecule has 1 heterocycles. The van der Waals surface area contributed by atoms with Crippen molar-refractivity contribution in [2.24, 2.45) is 23.5 Å². The van der Waals surface area contributed by atoms with E-state index in [4.69, 9.17) is 18.0 Å². The van der Waals surface area contributed by atoms with Crippen molar-refractivity contribution in [3.05, 3.63) is 0 Å². The Labute approximate surface area is 101 Å². The SMILES string of the molecule is NC(=S)C1CCCN1C(=O)C1C2CCCC21. The van der Waals surface area contributed by atoms with Gasteiger partial charge in [-0.1, -0.05) is 18.6 Å². The third kappa shape index (κ3) is 1.46. The first-order valence-corrected chi connectivity index (χ1v) is 6.71. The van der Waals surface area contributed by atoms with Gasteiger partial charge in [0.25, 0.3) is 0 Å². The van der Waals surface area contributed by atoms with E-state index in [0.29, 0.717) is 28.6 Å². The van der Waals surface area contributed by atoms with E-state index < -0.39 is 0 Å². The van der Waals surface area contributed by atoms with Crippen LogP contribution < -0.4 is 5.73 Å². The molecule has 88 valence electrons. The summed E-state index contributed by atoms with van der Waals surface area (Å²) in [6, 6.07) is 0.0452. The molecule has 1 saturated heterocycles. The molecule has 0 radical (unpaired) electrons. The summed E-state index contributed by atoms with van der Waals surface area (Å²) in [5, 5.41) is 0. The van der Waals surface area contributed by atoms with Gasteiger partial charge in [0, 0.05) is 12.5 Å². The highest BCUT2D eigenvalue weighted by atomic mass is 32.1. The van der Waals surface area contributed by atoms with E-state index in [-0.39, 0.29) is 6.04 Å². The van der Waals surface area contributed by atoms with Crippen LogP contribution in [-0.2, 0) is 4.79 Å². The molecule has 2 aliphatic carbocycles. The third-order valence-corrected chi connectivity index (χ3v) is 4.83. The summed E-state index contributed by atoms with van der Waals surface area (Å²) in [6.45, 7) is 0.858. The first-order chi connectivity index (χ1) is 7.70. The zero-order chi connectivity index (χ0) is 11.3. The largest absolute Gasteiger partial charge is 0.392 e. The lowest BCUT2D eigenvalue weighted by Gasteiger charge is -2.24. The van der Waals surface area contributed by atoms with Crippen LogP contribution in [0.1, 0.15) is 32.1 Å². The number of amides is 1. The summed E-state index contributed by atoms with van der Waals surface area (Å²) < 4.78 is 0. The number of hydrogen-bond donors (Lipinski definition) is 1. The zero-order valence-electron chi connectivity index (χ0n) is 9.39. The first kappa shape index (κ1) is 10.5. The van der Waals surface area contributed by atoms with Crippen molar-refractivity contribution in [2.45, 2.75) is 38.1 Å². The van der Waals surface area contributed by atoms with Gasteiger partial charge in [-0.05, 0) is 37.5 Å². The van der Waals surface area contributed by atoms with Crippen molar-refractivity contribution in [1.29, 1.82) is 0 Å². The summed E-state index contributed by atoms with van der Waals surface area (Å²) in [4.78, 5) is 14.8. The van der Waals surface area contributed by atoms with Crippen LogP contribution in [0.4, 0.5) is 0 Å². The van der Waals surface area contributed by atoms with Crippen molar-refractivity contribution >= 4 is 23.1 Å². The zero-order valence-corrected chi connectivity index (χ0v) is 10.2. The van der Waals surface area contributed by atoms with Gasteiger partial charge in [-0.2, -0.15) is 0 Å². The molecule has 2 saturated carbocycles. The van der Waals surface area contributed by atoms with Gasteiger partial charge in [0.15, 0.2) is 0 Å². The second kappa shape index (κ2) is 3.69. The summed E-state index contributed by atoms with van der Waals surface area (Å²) >= 11 is 5.04. The predicted octanol–water partition coefficient (Wildman–Crippen LogP) is 1.31. The molecule has 0 spiro atoms. The van der Waals surface area contributed by atoms with Crippen LogP contribution in [0.2, 0.25) is 0 Å². The first-order valence-electron chi connectivity index (χ1n) is 6.30. The molecule has 3 unspecified atom stereocenters. The van der Waals surface area contributed by atoms with Gasteiger partial charge in [0.1, 0.15) is 0 Å². The molecule has 2 N–H and O–H groups in total. The van der Waals surface area contributed by atoms with Gasteiger partial charge in [0.05, 0.1) is 11.0 Å². The van der Waals surface area contributed by atoms with Crippen LogP contribution in [0.3, 0.4) is 0 Å². The van der Waals surface area contributed by atoms with E-state index in [1.165, 1.54) is 19.3 Å². The van der Waals surface area contributed by atoms with Crippen LogP contribution in [-0.4, -0.2) is 28.4 Å². The molecule has 0 aromatic carbocycles. The molecule has 3 atom stereocenters. The molecule has 3 aliphatic rings. The Morgan fingerprint density at radius 1 is 1.19 bits per heavy atom. The number of carbonyl (C=O) groups excluding carboxylic acids is 1. The Kier molecular flexibility index (Phi) is 2.42. The Balaban J connectivity index is 1.69. The Bertz CT molecular complexity index is 334. The standard InChI is InChI=1S/C12H18N2OS/c13-11(16)9-5-2-6-14(9)12(15)10-7-3-1-4-8(7)10/h7-10H,1-6H2,(H2,13,16). The third-order valence-electron chi connectivity index (χ3n) is 4.56. The topological polar surface area (TPSA) is 46.3 Å². The number of hydrogen-bond acceptors (Lipinski definition) is 2. The highest BCUT2D eigenvalue weighted by molar-refractivity contribution is 7.80. The molecule has 0 aromatic rings. The summed E-state index contributed by atoms with van der Waals surface area (Å²) in [5.74, 6) is 2.05. The average molecular weight is 238 g/mol. The average Bonchev–Trinajstić information content (AvgIpc) is 2.74. The van der Waals surface area contributed by atoms with Crippen LogP contribution in [0.15, 0.2) is 0 Å². The smallest absolute Gasteiger partial charge is 0.226 e. The van der Waals surface area contributed by atoms with Crippen molar-refractivity contribution in [2.75, 3.05) is 6.54 Å². The van der Waals surface area contributed by atoms with Gasteiger partial charge in [-0.25, -0.2) is 0 Å². The fraction of sp³-hybridized carbons (Fsp3) is 0.833. The summed E-state index contributed by atoms with van der Waals surface area (Å²) in [7, 11) is 0. The lowest BCUT2D eigenvalue weighted by atomic mass is 10.1. The lowest BCUT2D eigenvalue weighted by molar-refractivity contribution is -0.133. The predicted molar refractivity (Wildman–Crippen MR) is 65.8 cm³/mol. The Morgan fingerprint density at radius 2 is 1.88 bits per heavy atom. The normalized spacial score (nSPS) is 40.9. The quantitative estimate of drug-likeness (QED) is 0.738. The molecule has 3 fully saturated rings. The van der Waals surface area contributed by atoms with E-state index in [2.05, 4.69) is 0 Å².